The van der Waals surface area contributed by atoms with Gasteiger partial charge >= 0.3 is 0 Å². The maximum Gasteiger partial charge on any atom is 0.256 e. The number of benzene rings is 2. The number of carbonyl (C=O) groups excluding carboxylic acids is 1. The highest BCUT2D eigenvalue weighted by molar-refractivity contribution is 6.04. The van der Waals surface area contributed by atoms with Crippen LogP contribution in [-0.2, 0) is 6.54 Å². The molecule has 1 heterocycles. The van der Waals surface area contributed by atoms with E-state index in [9.17, 15) is 18.0 Å². The number of aromatic nitrogens is 2. The number of methoxy groups -OCH3 is 2. The lowest BCUT2D eigenvalue weighted by Gasteiger charge is -2.09. The van der Waals surface area contributed by atoms with Crippen molar-refractivity contribution in [2.45, 2.75) is 6.54 Å². The summed E-state index contributed by atoms with van der Waals surface area (Å²) in [4.78, 5) is 16.4. The highest BCUT2D eigenvalue weighted by Gasteiger charge is 2.13. The topological polar surface area (TPSA) is 65.4 Å². The van der Waals surface area contributed by atoms with Crippen molar-refractivity contribution >= 4 is 11.7 Å². The molecular weight excluding hydrogens is 375 g/mol. The predicted molar refractivity (Wildman–Crippen MR) is 95.1 cm³/mol. The van der Waals surface area contributed by atoms with Crippen molar-refractivity contribution < 1.29 is 27.4 Å². The second-order valence-corrected chi connectivity index (χ2v) is 5.83. The fourth-order valence-corrected chi connectivity index (χ4v) is 2.59. The lowest BCUT2D eigenvalue weighted by atomic mass is 10.2. The molecule has 1 amide bonds. The molecule has 6 nitrogen and oxygen atoms in total. The molecule has 1 N–H and O–H groups in total. The zero-order chi connectivity index (χ0) is 20.3. The minimum Gasteiger partial charge on any atom is -0.493 e. The molecule has 0 saturated heterocycles. The highest BCUT2D eigenvalue weighted by atomic mass is 19.2. The summed E-state index contributed by atoms with van der Waals surface area (Å²) in [6.07, 6.45) is 2.86. The van der Waals surface area contributed by atoms with E-state index in [2.05, 4.69) is 10.3 Å². The number of hydrogen-bond donors (Lipinski definition) is 1. The van der Waals surface area contributed by atoms with E-state index >= 15 is 0 Å². The Balaban J connectivity index is 1.71. The van der Waals surface area contributed by atoms with E-state index in [0.29, 0.717) is 17.1 Å². The van der Waals surface area contributed by atoms with Crippen molar-refractivity contribution in [1.82, 2.24) is 9.55 Å². The third-order valence-corrected chi connectivity index (χ3v) is 3.93. The van der Waals surface area contributed by atoms with E-state index in [4.69, 9.17) is 9.47 Å². The summed E-state index contributed by atoms with van der Waals surface area (Å²) >= 11 is 0. The largest absolute Gasteiger partial charge is 0.493 e. The van der Waals surface area contributed by atoms with Crippen LogP contribution < -0.4 is 14.8 Å². The van der Waals surface area contributed by atoms with Gasteiger partial charge in [-0.25, -0.2) is 18.2 Å². The summed E-state index contributed by atoms with van der Waals surface area (Å²) < 4.78 is 51.4. The van der Waals surface area contributed by atoms with Gasteiger partial charge in [0.15, 0.2) is 34.8 Å². The first-order valence-electron chi connectivity index (χ1n) is 8.10. The lowest BCUT2D eigenvalue weighted by molar-refractivity contribution is 0.102. The van der Waals surface area contributed by atoms with Crippen LogP contribution in [0.5, 0.6) is 11.5 Å². The van der Waals surface area contributed by atoms with Gasteiger partial charge < -0.3 is 19.4 Å². The van der Waals surface area contributed by atoms with E-state index in [1.165, 1.54) is 37.4 Å². The number of anilines is 1. The van der Waals surface area contributed by atoms with Crippen molar-refractivity contribution in [3.05, 3.63) is 71.4 Å². The van der Waals surface area contributed by atoms with Crippen molar-refractivity contribution in [2.24, 2.45) is 0 Å². The molecule has 3 aromatic rings. The van der Waals surface area contributed by atoms with Crippen LogP contribution in [0.3, 0.4) is 0 Å². The van der Waals surface area contributed by atoms with E-state index in [-0.39, 0.29) is 17.9 Å². The van der Waals surface area contributed by atoms with Crippen LogP contribution in [0.1, 0.15) is 15.9 Å². The maximum absolute atomic E-state index is 13.3. The van der Waals surface area contributed by atoms with E-state index in [0.717, 1.165) is 12.1 Å². The van der Waals surface area contributed by atoms with Gasteiger partial charge in [-0.05, 0) is 35.9 Å². The minimum atomic E-state index is -1.52. The Morgan fingerprint density at radius 3 is 2.39 bits per heavy atom. The van der Waals surface area contributed by atoms with Crippen molar-refractivity contribution in [1.29, 1.82) is 0 Å². The second kappa shape index (κ2) is 8.03. The van der Waals surface area contributed by atoms with E-state index in [1.54, 1.807) is 12.1 Å². The van der Waals surface area contributed by atoms with Crippen LogP contribution in [0.25, 0.3) is 0 Å². The number of ether oxygens (including phenoxy) is 2. The van der Waals surface area contributed by atoms with Gasteiger partial charge in [-0.2, -0.15) is 0 Å². The summed E-state index contributed by atoms with van der Waals surface area (Å²) in [6.45, 7) is 0.0490. The molecule has 0 aliphatic heterocycles. The molecule has 28 heavy (non-hydrogen) atoms. The van der Waals surface area contributed by atoms with Crippen molar-refractivity contribution in [3.8, 4) is 11.5 Å². The molecule has 0 unspecified atom stereocenters. The Hall–Kier alpha value is -3.49. The Bertz CT molecular complexity index is 998. The third-order valence-electron chi connectivity index (χ3n) is 3.93. The van der Waals surface area contributed by atoms with Gasteiger partial charge in [0.1, 0.15) is 0 Å². The molecule has 2 aromatic carbocycles. The zero-order valence-electron chi connectivity index (χ0n) is 15.0. The number of halogens is 3. The molecule has 0 bridgehead atoms. The smallest absolute Gasteiger partial charge is 0.256 e. The average molecular weight is 391 g/mol. The van der Waals surface area contributed by atoms with Gasteiger partial charge in [-0.1, -0.05) is 0 Å². The molecule has 0 atom stereocenters. The molecule has 3 rings (SSSR count). The number of imidazole rings is 1. The molecule has 0 spiro atoms. The second-order valence-electron chi connectivity index (χ2n) is 5.83. The molecule has 1 aromatic heterocycles. The maximum atomic E-state index is 13.3. The molecule has 0 fully saturated rings. The van der Waals surface area contributed by atoms with E-state index in [1.807, 2.05) is 0 Å². The Labute approximate surface area is 158 Å². The van der Waals surface area contributed by atoms with Gasteiger partial charge in [-0.15, -0.1) is 0 Å². The SMILES string of the molecule is COc1ccc(C(=O)Nc2cn(Cc3cc(F)c(F)c(F)c3)cn2)cc1OC. The van der Waals surface area contributed by atoms with Gasteiger partial charge in [0.05, 0.1) is 20.5 Å². The summed E-state index contributed by atoms with van der Waals surface area (Å²) in [7, 11) is 2.95. The first-order valence-corrected chi connectivity index (χ1v) is 8.10. The van der Waals surface area contributed by atoms with Crippen LogP contribution in [0.2, 0.25) is 0 Å². The van der Waals surface area contributed by atoms with Crippen LogP contribution in [0.4, 0.5) is 19.0 Å². The monoisotopic (exact) mass is 391 g/mol. The normalized spacial score (nSPS) is 10.6. The number of rotatable bonds is 6. The summed E-state index contributed by atoms with van der Waals surface area (Å²) in [5.41, 5.74) is 0.543. The molecular formula is C19H16F3N3O3. The minimum absolute atomic E-state index is 0.0490. The first kappa shape index (κ1) is 19.3. The predicted octanol–water partition coefficient (Wildman–Crippen LogP) is 3.62. The molecule has 0 radical (unpaired) electrons. The summed E-state index contributed by atoms with van der Waals surface area (Å²) in [5, 5.41) is 2.61. The van der Waals surface area contributed by atoms with Gasteiger partial charge in [-0.3, -0.25) is 4.79 Å². The third kappa shape index (κ3) is 4.08. The molecule has 0 aliphatic carbocycles. The number of carbonyl (C=O) groups is 1. The summed E-state index contributed by atoms with van der Waals surface area (Å²) in [5.74, 6) is -3.34. The standard InChI is InChI=1S/C19H16F3N3O3/c1-27-15-4-3-12(7-16(15)28-2)19(26)24-17-9-25(10-23-17)8-11-5-13(20)18(22)14(21)6-11/h3-7,9-10H,8H2,1-2H3,(H,24,26). The molecule has 0 aliphatic rings. The van der Waals surface area contributed by atoms with Crippen molar-refractivity contribution in [2.75, 3.05) is 19.5 Å². The molecule has 0 saturated carbocycles. The number of nitrogens with zero attached hydrogens (tertiary/aromatic N) is 2. The first-order chi connectivity index (χ1) is 13.4. The molecule has 9 heteroatoms. The van der Waals surface area contributed by atoms with Crippen LogP contribution in [0.15, 0.2) is 42.9 Å². The molecule has 146 valence electrons. The van der Waals surface area contributed by atoms with Crippen LogP contribution in [0, 0.1) is 17.5 Å². The van der Waals surface area contributed by atoms with Gasteiger partial charge in [0.2, 0.25) is 0 Å². The Morgan fingerprint density at radius 2 is 1.75 bits per heavy atom. The van der Waals surface area contributed by atoms with Gasteiger partial charge in [0.25, 0.3) is 5.91 Å². The average Bonchev–Trinajstić information content (AvgIpc) is 3.12. The van der Waals surface area contributed by atoms with Crippen molar-refractivity contribution in [3.63, 3.8) is 0 Å². The lowest BCUT2D eigenvalue weighted by Crippen LogP contribution is -2.12. The van der Waals surface area contributed by atoms with Crippen LogP contribution >= 0.6 is 0 Å². The summed E-state index contributed by atoms with van der Waals surface area (Å²) in [6, 6.07) is 6.50. The van der Waals surface area contributed by atoms with Gasteiger partial charge in [0, 0.05) is 18.3 Å². The van der Waals surface area contributed by atoms with Crippen LogP contribution in [-0.4, -0.2) is 29.7 Å². The quantitative estimate of drug-likeness (QED) is 0.652. The Morgan fingerprint density at radius 1 is 1.07 bits per heavy atom. The number of hydrogen-bond acceptors (Lipinski definition) is 4. The fourth-order valence-electron chi connectivity index (χ4n) is 2.59. The number of nitrogens with one attached hydrogen (secondary N) is 1. The number of amides is 1. The zero-order valence-corrected chi connectivity index (χ0v) is 15.0. The fraction of sp³-hybridized carbons (Fsp3) is 0.158. The highest BCUT2D eigenvalue weighted by Crippen LogP contribution is 2.27. The van der Waals surface area contributed by atoms with E-state index < -0.39 is 23.4 Å². The Kier molecular flexibility index (Phi) is 5.53.